The number of hydrogen-bond acceptors (Lipinski definition) is 3. The molecule has 2 aromatic rings. The molecule has 84 valence electrons. The first kappa shape index (κ1) is 10.8. The molecule has 0 fully saturated rings. The fourth-order valence-corrected chi connectivity index (χ4v) is 1.42. The molecular weight excluding hydrogens is 276 g/mol. The number of halogens is 1. The molecule has 0 unspecified atom stereocenters. The third-order valence-corrected chi connectivity index (χ3v) is 2.24. The normalized spacial score (nSPS) is 10.1. The van der Waals surface area contributed by atoms with E-state index >= 15 is 0 Å². The van der Waals surface area contributed by atoms with E-state index in [1.165, 1.54) is 0 Å². The molecule has 2 aromatic heterocycles. The van der Waals surface area contributed by atoms with Gasteiger partial charge in [-0.05, 0) is 34.1 Å². The smallest absolute Gasteiger partial charge is 0.321 e. The van der Waals surface area contributed by atoms with Gasteiger partial charge in [0.15, 0.2) is 4.67 Å². The minimum Gasteiger partial charge on any atom is -0.467 e. The van der Waals surface area contributed by atoms with Gasteiger partial charge in [-0.15, -0.1) is 0 Å². The van der Waals surface area contributed by atoms with Crippen molar-refractivity contribution in [2.45, 2.75) is 6.54 Å². The number of carbonyl (C=O) groups is 1. The largest absolute Gasteiger partial charge is 0.467 e. The first-order valence-corrected chi connectivity index (χ1v) is 5.36. The second-order valence-electron chi connectivity index (χ2n) is 2.99. The summed E-state index contributed by atoms with van der Waals surface area (Å²) in [5, 5.41) is 5.16. The molecule has 2 rings (SSSR count). The van der Waals surface area contributed by atoms with Gasteiger partial charge in [-0.25, -0.2) is 4.79 Å². The molecule has 0 aromatic carbocycles. The minimum absolute atomic E-state index is 0.334. The quantitative estimate of drug-likeness (QED) is 0.911. The summed E-state index contributed by atoms with van der Waals surface area (Å²) in [6.45, 7) is 0.334. The van der Waals surface area contributed by atoms with Crippen molar-refractivity contribution in [3.05, 3.63) is 41.0 Å². The van der Waals surface area contributed by atoms with Crippen LogP contribution in [0.15, 0.2) is 44.0 Å². The number of nitrogens with one attached hydrogen (secondary N) is 2. The second kappa shape index (κ2) is 4.89. The second-order valence-corrected chi connectivity index (χ2v) is 3.77. The van der Waals surface area contributed by atoms with E-state index < -0.39 is 0 Å². The van der Waals surface area contributed by atoms with E-state index in [4.69, 9.17) is 8.83 Å². The Morgan fingerprint density at radius 2 is 2.25 bits per heavy atom. The molecule has 0 spiro atoms. The molecule has 0 atom stereocenters. The van der Waals surface area contributed by atoms with Crippen molar-refractivity contribution in [2.24, 2.45) is 0 Å². The van der Waals surface area contributed by atoms with Crippen LogP contribution in [0.2, 0.25) is 0 Å². The molecule has 2 amide bonds. The van der Waals surface area contributed by atoms with E-state index in [1.54, 1.807) is 30.5 Å². The van der Waals surface area contributed by atoms with Gasteiger partial charge >= 0.3 is 6.03 Å². The maximum atomic E-state index is 11.4. The van der Waals surface area contributed by atoms with Gasteiger partial charge in [0.1, 0.15) is 5.76 Å². The van der Waals surface area contributed by atoms with E-state index in [1.807, 2.05) is 0 Å². The van der Waals surface area contributed by atoms with Crippen LogP contribution in [-0.4, -0.2) is 6.03 Å². The average molecular weight is 285 g/mol. The number of amides is 2. The van der Waals surface area contributed by atoms with Crippen LogP contribution in [0.5, 0.6) is 0 Å². The van der Waals surface area contributed by atoms with Crippen molar-refractivity contribution in [3.8, 4) is 0 Å². The van der Waals surface area contributed by atoms with E-state index in [9.17, 15) is 4.79 Å². The lowest BCUT2D eigenvalue weighted by molar-refractivity contribution is 0.250. The lowest BCUT2D eigenvalue weighted by Crippen LogP contribution is -2.27. The summed E-state index contributed by atoms with van der Waals surface area (Å²) >= 11 is 3.14. The predicted molar refractivity (Wildman–Crippen MR) is 61.0 cm³/mol. The van der Waals surface area contributed by atoms with Crippen LogP contribution in [0.3, 0.4) is 0 Å². The Morgan fingerprint density at radius 1 is 1.38 bits per heavy atom. The Labute approximate surface area is 99.9 Å². The summed E-state index contributed by atoms with van der Waals surface area (Å²) < 4.78 is 10.7. The molecule has 0 radical (unpaired) electrons. The molecule has 0 saturated heterocycles. The van der Waals surface area contributed by atoms with Gasteiger partial charge in [-0.3, -0.25) is 5.32 Å². The molecule has 16 heavy (non-hydrogen) atoms. The van der Waals surface area contributed by atoms with Crippen LogP contribution >= 0.6 is 15.9 Å². The zero-order valence-corrected chi connectivity index (χ0v) is 9.78. The molecule has 2 heterocycles. The van der Waals surface area contributed by atoms with Crippen molar-refractivity contribution in [1.29, 1.82) is 0 Å². The molecule has 0 aliphatic rings. The molecule has 0 bridgehead atoms. The van der Waals surface area contributed by atoms with Gasteiger partial charge < -0.3 is 14.2 Å². The molecule has 0 saturated carbocycles. The minimum atomic E-state index is -0.349. The maximum absolute atomic E-state index is 11.4. The van der Waals surface area contributed by atoms with Gasteiger partial charge in [-0.1, -0.05) is 0 Å². The third kappa shape index (κ3) is 2.90. The third-order valence-electron chi connectivity index (χ3n) is 1.81. The van der Waals surface area contributed by atoms with Crippen LogP contribution in [-0.2, 0) is 6.54 Å². The van der Waals surface area contributed by atoms with Gasteiger partial charge in [0.05, 0.1) is 12.8 Å². The van der Waals surface area contributed by atoms with Gasteiger partial charge in [-0.2, -0.15) is 0 Å². The number of anilines is 1. The van der Waals surface area contributed by atoms with Crippen LogP contribution in [0, 0.1) is 0 Å². The zero-order chi connectivity index (χ0) is 11.4. The zero-order valence-electron chi connectivity index (χ0n) is 8.20. The van der Waals surface area contributed by atoms with Crippen LogP contribution in [0.25, 0.3) is 0 Å². The number of hydrogen-bond donors (Lipinski definition) is 2. The topological polar surface area (TPSA) is 67.4 Å². The highest BCUT2D eigenvalue weighted by molar-refractivity contribution is 9.10. The van der Waals surface area contributed by atoms with E-state index in [-0.39, 0.29) is 6.03 Å². The number of carbonyl (C=O) groups excluding carboxylic acids is 1. The van der Waals surface area contributed by atoms with E-state index in [0.717, 1.165) is 0 Å². The monoisotopic (exact) mass is 284 g/mol. The number of rotatable bonds is 3. The molecule has 0 aliphatic heterocycles. The summed E-state index contributed by atoms with van der Waals surface area (Å²) in [7, 11) is 0. The Morgan fingerprint density at radius 3 is 2.88 bits per heavy atom. The summed E-state index contributed by atoms with van der Waals surface area (Å²) in [6.07, 6.45) is 1.55. The summed E-state index contributed by atoms with van der Waals surface area (Å²) in [6, 6.07) is 6.54. The number of furan rings is 2. The average Bonchev–Trinajstić information content (AvgIpc) is 2.87. The fourth-order valence-electron chi connectivity index (χ4n) is 1.12. The van der Waals surface area contributed by atoms with Crippen LogP contribution in [0.1, 0.15) is 5.76 Å². The summed E-state index contributed by atoms with van der Waals surface area (Å²) in [5.74, 6) is 1.07. The number of urea groups is 1. The molecule has 5 nitrogen and oxygen atoms in total. The Kier molecular flexibility index (Phi) is 3.31. The van der Waals surface area contributed by atoms with Crippen molar-refractivity contribution >= 4 is 27.8 Å². The maximum Gasteiger partial charge on any atom is 0.321 e. The highest BCUT2D eigenvalue weighted by Crippen LogP contribution is 2.17. The van der Waals surface area contributed by atoms with Crippen LogP contribution < -0.4 is 10.6 Å². The molecular formula is C10H9BrN2O3. The lowest BCUT2D eigenvalue weighted by atomic mass is 10.4. The first-order chi connectivity index (χ1) is 7.74. The highest BCUT2D eigenvalue weighted by atomic mass is 79.9. The Balaban J connectivity index is 1.81. The SMILES string of the molecule is O=C(NCc1ccco1)Nc1ccc(Br)o1. The van der Waals surface area contributed by atoms with Crippen molar-refractivity contribution in [3.63, 3.8) is 0 Å². The Hall–Kier alpha value is -1.69. The molecule has 0 aliphatic carbocycles. The predicted octanol–water partition coefficient (Wildman–Crippen LogP) is 2.96. The highest BCUT2D eigenvalue weighted by Gasteiger charge is 2.05. The molecule has 6 heteroatoms. The van der Waals surface area contributed by atoms with Crippen molar-refractivity contribution in [2.75, 3.05) is 5.32 Å². The van der Waals surface area contributed by atoms with E-state index in [2.05, 4.69) is 26.6 Å². The van der Waals surface area contributed by atoms with Crippen LogP contribution in [0.4, 0.5) is 10.7 Å². The summed E-state index contributed by atoms with van der Waals surface area (Å²) in [5.41, 5.74) is 0. The van der Waals surface area contributed by atoms with Gasteiger partial charge in [0.25, 0.3) is 0 Å². The first-order valence-electron chi connectivity index (χ1n) is 4.56. The summed E-state index contributed by atoms with van der Waals surface area (Å²) in [4.78, 5) is 11.4. The van der Waals surface area contributed by atoms with Crippen molar-refractivity contribution in [1.82, 2.24) is 5.32 Å². The fraction of sp³-hybridized carbons (Fsp3) is 0.100. The lowest BCUT2D eigenvalue weighted by Gasteiger charge is -2.03. The van der Waals surface area contributed by atoms with Gasteiger partial charge in [0.2, 0.25) is 5.88 Å². The van der Waals surface area contributed by atoms with Crippen molar-refractivity contribution < 1.29 is 13.6 Å². The van der Waals surface area contributed by atoms with E-state index in [0.29, 0.717) is 22.9 Å². The Bertz CT molecular complexity index is 464. The standard InChI is InChI=1S/C10H9BrN2O3/c11-8-3-4-9(16-8)13-10(14)12-6-7-2-1-5-15-7/h1-5H,6H2,(H2,12,13,14). The molecule has 2 N–H and O–H groups in total. The van der Waals surface area contributed by atoms with Gasteiger partial charge in [0, 0.05) is 6.07 Å².